The van der Waals surface area contributed by atoms with Crippen molar-refractivity contribution >= 4 is 11.3 Å². The van der Waals surface area contributed by atoms with Gasteiger partial charge in [0.1, 0.15) is 5.01 Å². The predicted molar refractivity (Wildman–Crippen MR) is 59.5 cm³/mol. The summed E-state index contributed by atoms with van der Waals surface area (Å²) in [6, 6.07) is 0.399. The monoisotopic (exact) mass is 211 g/mol. The minimum Gasteiger partial charge on any atom is -0.316 e. The van der Waals surface area contributed by atoms with Crippen molar-refractivity contribution in [2.45, 2.75) is 19.4 Å². The van der Waals surface area contributed by atoms with E-state index in [1.807, 2.05) is 11.6 Å². The third-order valence-corrected chi connectivity index (χ3v) is 3.66. The molecule has 1 saturated heterocycles. The summed E-state index contributed by atoms with van der Waals surface area (Å²) in [7, 11) is 0. The summed E-state index contributed by atoms with van der Waals surface area (Å²) in [6.07, 6.45) is 3.17. The van der Waals surface area contributed by atoms with Gasteiger partial charge in [-0.25, -0.2) is 4.98 Å². The number of thiazole rings is 1. The second kappa shape index (κ2) is 4.87. The van der Waals surface area contributed by atoms with Crippen molar-refractivity contribution in [1.82, 2.24) is 15.6 Å². The second-order valence-corrected chi connectivity index (χ2v) is 4.79. The zero-order valence-corrected chi connectivity index (χ0v) is 9.31. The quantitative estimate of drug-likeness (QED) is 0.790. The standard InChI is InChI=1S/C10H17N3S/c1-8(10-12-4-5-14-10)13-7-9-2-3-11-6-9/h4-5,8-9,11,13H,2-3,6-7H2,1H3/t8-,9-/m0/s1. The second-order valence-electron chi connectivity index (χ2n) is 3.86. The van der Waals surface area contributed by atoms with Gasteiger partial charge in [-0.15, -0.1) is 11.3 Å². The van der Waals surface area contributed by atoms with Gasteiger partial charge in [-0.1, -0.05) is 0 Å². The van der Waals surface area contributed by atoms with Crippen LogP contribution in [0.15, 0.2) is 11.6 Å². The highest BCUT2D eigenvalue weighted by molar-refractivity contribution is 7.09. The summed E-state index contributed by atoms with van der Waals surface area (Å²) in [6.45, 7) is 5.63. The zero-order chi connectivity index (χ0) is 9.80. The van der Waals surface area contributed by atoms with Gasteiger partial charge >= 0.3 is 0 Å². The van der Waals surface area contributed by atoms with Gasteiger partial charge in [-0.05, 0) is 38.9 Å². The van der Waals surface area contributed by atoms with Crippen LogP contribution < -0.4 is 10.6 Å². The van der Waals surface area contributed by atoms with Crippen LogP contribution in [-0.4, -0.2) is 24.6 Å². The number of hydrogen-bond acceptors (Lipinski definition) is 4. The van der Waals surface area contributed by atoms with E-state index in [0.29, 0.717) is 6.04 Å². The molecule has 0 amide bonds. The molecule has 1 aromatic rings. The highest BCUT2D eigenvalue weighted by Crippen LogP contribution is 2.15. The van der Waals surface area contributed by atoms with E-state index >= 15 is 0 Å². The molecule has 0 aromatic carbocycles. The highest BCUT2D eigenvalue weighted by atomic mass is 32.1. The minimum atomic E-state index is 0.399. The molecular weight excluding hydrogens is 194 g/mol. The number of rotatable bonds is 4. The molecule has 2 atom stereocenters. The lowest BCUT2D eigenvalue weighted by Crippen LogP contribution is -2.26. The van der Waals surface area contributed by atoms with Crippen LogP contribution in [0.3, 0.4) is 0 Å². The van der Waals surface area contributed by atoms with E-state index in [9.17, 15) is 0 Å². The van der Waals surface area contributed by atoms with E-state index in [-0.39, 0.29) is 0 Å². The van der Waals surface area contributed by atoms with Crippen molar-refractivity contribution in [3.05, 3.63) is 16.6 Å². The Morgan fingerprint density at radius 3 is 3.36 bits per heavy atom. The van der Waals surface area contributed by atoms with Crippen LogP contribution in [0.1, 0.15) is 24.4 Å². The van der Waals surface area contributed by atoms with E-state index in [2.05, 4.69) is 22.5 Å². The molecule has 1 aromatic heterocycles. The summed E-state index contributed by atoms with van der Waals surface area (Å²) in [5, 5.41) is 10.1. The fourth-order valence-electron chi connectivity index (χ4n) is 1.77. The number of nitrogens with one attached hydrogen (secondary N) is 2. The SMILES string of the molecule is C[C@H](NC[C@H]1CCNC1)c1nccs1. The molecule has 2 rings (SSSR count). The zero-order valence-electron chi connectivity index (χ0n) is 8.49. The van der Waals surface area contributed by atoms with E-state index in [0.717, 1.165) is 19.0 Å². The first-order chi connectivity index (χ1) is 6.86. The van der Waals surface area contributed by atoms with Gasteiger partial charge in [0.15, 0.2) is 0 Å². The number of hydrogen-bond donors (Lipinski definition) is 2. The molecule has 78 valence electrons. The Labute approximate surface area is 88.9 Å². The largest absolute Gasteiger partial charge is 0.316 e. The summed E-state index contributed by atoms with van der Waals surface area (Å²) in [5.41, 5.74) is 0. The Kier molecular flexibility index (Phi) is 3.50. The molecule has 1 fully saturated rings. The third kappa shape index (κ3) is 2.53. The molecule has 0 bridgehead atoms. The normalized spacial score (nSPS) is 23.9. The highest BCUT2D eigenvalue weighted by Gasteiger charge is 2.15. The fraction of sp³-hybridized carbons (Fsp3) is 0.700. The third-order valence-electron chi connectivity index (χ3n) is 2.70. The van der Waals surface area contributed by atoms with Gasteiger partial charge < -0.3 is 10.6 Å². The van der Waals surface area contributed by atoms with Crippen molar-refractivity contribution < 1.29 is 0 Å². The van der Waals surface area contributed by atoms with E-state index in [1.165, 1.54) is 18.0 Å². The van der Waals surface area contributed by atoms with Gasteiger partial charge in [0.05, 0.1) is 6.04 Å². The average molecular weight is 211 g/mol. The minimum absolute atomic E-state index is 0.399. The first-order valence-electron chi connectivity index (χ1n) is 5.20. The summed E-state index contributed by atoms with van der Waals surface area (Å²) >= 11 is 1.72. The van der Waals surface area contributed by atoms with Crippen LogP contribution in [0.25, 0.3) is 0 Å². The van der Waals surface area contributed by atoms with Crippen molar-refractivity contribution in [3.63, 3.8) is 0 Å². The molecule has 1 aliphatic rings. The maximum atomic E-state index is 4.30. The maximum absolute atomic E-state index is 4.30. The molecule has 3 nitrogen and oxygen atoms in total. The summed E-state index contributed by atoms with van der Waals surface area (Å²) in [4.78, 5) is 4.30. The first kappa shape index (κ1) is 10.1. The molecule has 0 unspecified atom stereocenters. The maximum Gasteiger partial charge on any atom is 0.109 e. The summed E-state index contributed by atoms with van der Waals surface area (Å²) in [5.74, 6) is 0.803. The molecule has 2 heterocycles. The molecular formula is C10H17N3S. The van der Waals surface area contributed by atoms with E-state index < -0.39 is 0 Å². The number of nitrogens with zero attached hydrogens (tertiary/aromatic N) is 1. The molecule has 0 saturated carbocycles. The van der Waals surface area contributed by atoms with Crippen molar-refractivity contribution in [3.8, 4) is 0 Å². The Hall–Kier alpha value is -0.450. The first-order valence-corrected chi connectivity index (χ1v) is 6.07. The van der Waals surface area contributed by atoms with Crippen molar-refractivity contribution in [2.75, 3.05) is 19.6 Å². The van der Waals surface area contributed by atoms with Crippen molar-refractivity contribution in [2.24, 2.45) is 5.92 Å². The Balaban J connectivity index is 1.74. The molecule has 0 radical (unpaired) electrons. The van der Waals surface area contributed by atoms with Crippen molar-refractivity contribution in [1.29, 1.82) is 0 Å². The van der Waals surface area contributed by atoms with Gasteiger partial charge in [0, 0.05) is 11.6 Å². The smallest absolute Gasteiger partial charge is 0.109 e. The van der Waals surface area contributed by atoms with Gasteiger partial charge in [0.25, 0.3) is 0 Å². The van der Waals surface area contributed by atoms with Gasteiger partial charge in [-0.2, -0.15) is 0 Å². The molecule has 14 heavy (non-hydrogen) atoms. The summed E-state index contributed by atoms with van der Waals surface area (Å²) < 4.78 is 0. The molecule has 4 heteroatoms. The molecule has 0 spiro atoms. The van der Waals surface area contributed by atoms with Crippen LogP contribution in [0.4, 0.5) is 0 Å². The predicted octanol–water partition coefficient (Wildman–Crippen LogP) is 1.40. The Morgan fingerprint density at radius 2 is 2.71 bits per heavy atom. The van der Waals surface area contributed by atoms with E-state index in [1.54, 1.807) is 11.3 Å². The topological polar surface area (TPSA) is 37.0 Å². The van der Waals surface area contributed by atoms with Gasteiger partial charge in [0.2, 0.25) is 0 Å². The average Bonchev–Trinajstić information content (AvgIpc) is 2.87. The Bertz CT molecular complexity index is 254. The molecule has 0 aliphatic carbocycles. The van der Waals surface area contributed by atoms with Crippen LogP contribution >= 0.6 is 11.3 Å². The van der Waals surface area contributed by atoms with Gasteiger partial charge in [-0.3, -0.25) is 0 Å². The lowest BCUT2D eigenvalue weighted by atomic mass is 10.1. The van der Waals surface area contributed by atoms with Crippen LogP contribution in [0.2, 0.25) is 0 Å². The fourth-order valence-corrected chi connectivity index (χ4v) is 2.44. The molecule has 2 N–H and O–H groups in total. The van der Waals surface area contributed by atoms with Crippen LogP contribution in [-0.2, 0) is 0 Å². The lowest BCUT2D eigenvalue weighted by Gasteiger charge is -2.14. The molecule has 1 aliphatic heterocycles. The lowest BCUT2D eigenvalue weighted by molar-refractivity contribution is 0.469. The Morgan fingerprint density at radius 1 is 1.79 bits per heavy atom. The van der Waals surface area contributed by atoms with Crippen LogP contribution in [0.5, 0.6) is 0 Å². The van der Waals surface area contributed by atoms with Crippen LogP contribution in [0, 0.1) is 5.92 Å². The van der Waals surface area contributed by atoms with E-state index in [4.69, 9.17) is 0 Å². The number of aromatic nitrogens is 1.